The van der Waals surface area contributed by atoms with E-state index in [0.717, 1.165) is 81.4 Å². The standard InChI is InChI=1S/C27H40N2O3/c1-5-6-7-8-21-16-24(30)27(23-15-20(4)9-10-22(23)19(2)3)25(17-21)32-26(31)18-29-13-11-28-12-14-29/h15-17,22-23,28,30H,2,5-14,18H2,1,3-4H3/t22-,23+/m0/s1. The minimum absolute atomic E-state index is 0.0343. The van der Waals surface area contributed by atoms with E-state index in [1.807, 2.05) is 12.1 Å². The number of phenols is 1. The van der Waals surface area contributed by atoms with Gasteiger partial charge in [-0.1, -0.05) is 43.6 Å². The van der Waals surface area contributed by atoms with Crippen molar-refractivity contribution in [1.82, 2.24) is 10.2 Å². The van der Waals surface area contributed by atoms with Gasteiger partial charge in [0.05, 0.1) is 6.54 Å². The number of hydrogen-bond donors (Lipinski definition) is 2. The molecule has 2 N–H and O–H groups in total. The van der Waals surface area contributed by atoms with Crippen molar-refractivity contribution >= 4 is 5.97 Å². The Morgan fingerprint density at radius 3 is 2.72 bits per heavy atom. The number of ether oxygens (including phenoxy) is 1. The van der Waals surface area contributed by atoms with Gasteiger partial charge in [0.2, 0.25) is 0 Å². The third kappa shape index (κ3) is 6.46. The summed E-state index contributed by atoms with van der Waals surface area (Å²) in [7, 11) is 0. The molecule has 0 unspecified atom stereocenters. The molecule has 2 aliphatic rings. The van der Waals surface area contributed by atoms with Gasteiger partial charge < -0.3 is 15.2 Å². The number of piperazine rings is 1. The highest BCUT2D eigenvalue weighted by Crippen LogP contribution is 2.47. The molecule has 1 fully saturated rings. The first-order valence-corrected chi connectivity index (χ1v) is 12.2. The van der Waals surface area contributed by atoms with Crippen LogP contribution in [0.4, 0.5) is 0 Å². The van der Waals surface area contributed by atoms with Crippen LogP contribution in [0, 0.1) is 5.92 Å². The maximum atomic E-state index is 12.9. The number of rotatable bonds is 9. The van der Waals surface area contributed by atoms with E-state index in [0.29, 0.717) is 5.75 Å². The van der Waals surface area contributed by atoms with Gasteiger partial charge >= 0.3 is 5.97 Å². The molecule has 3 rings (SSSR count). The van der Waals surface area contributed by atoms with E-state index in [1.165, 1.54) is 5.57 Å². The molecule has 32 heavy (non-hydrogen) atoms. The van der Waals surface area contributed by atoms with Gasteiger partial charge in [-0.2, -0.15) is 0 Å². The number of allylic oxidation sites excluding steroid dienone is 3. The molecule has 0 amide bonds. The predicted octanol–water partition coefficient (Wildman–Crippen LogP) is 4.95. The Bertz CT molecular complexity index is 840. The predicted molar refractivity (Wildman–Crippen MR) is 130 cm³/mol. The number of hydrogen-bond acceptors (Lipinski definition) is 5. The fourth-order valence-corrected chi connectivity index (χ4v) is 4.92. The SMILES string of the molecule is C=C(C)[C@@H]1CCC(C)=C[C@H]1c1c(O)cc(CCCCC)cc1OC(=O)CN1CCNCC1. The zero-order valence-corrected chi connectivity index (χ0v) is 20.1. The van der Waals surface area contributed by atoms with Gasteiger partial charge in [0.15, 0.2) is 0 Å². The van der Waals surface area contributed by atoms with E-state index in [-0.39, 0.29) is 30.1 Å². The van der Waals surface area contributed by atoms with Crippen LogP contribution in [0.3, 0.4) is 0 Å². The van der Waals surface area contributed by atoms with Gasteiger partial charge in [-0.25, -0.2) is 0 Å². The Morgan fingerprint density at radius 2 is 2.03 bits per heavy atom. The van der Waals surface area contributed by atoms with Crippen molar-refractivity contribution in [3.05, 3.63) is 47.1 Å². The summed E-state index contributed by atoms with van der Waals surface area (Å²) in [6, 6.07) is 3.85. The lowest BCUT2D eigenvalue weighted by molar-refractivity contribution is -0.135. The van der Waals surface area contributed by atoms with Gasteiger partial charge in [0.1, 0.15) is 11.5 Å². The lowest BCUT2D eigenvalue weighted by Crippen LogP contribution is -2.46. The highest BCUT2D eigenvalue weighted by atomic mass is 16.5. The Hall–Kier alpha value is -2.11. The molecule has 1 heterocycles. The fourth-order valence-electron chi connectivity index (χ4n) is 4.92. The normalized spacial score (nSPS) is 21.8. The van der Waals surface area contributed by atoms with Crippen molar-refractivity contribution < 1.29 is 14.6 Å². The quantitative estimate of drug-likeness (QED) is 0.246. The first-order valence-electron chi connectivity index (χ1n) is 12.2. The smallest absolute Gasteiger partial charge is 0.325 e. The number of aryl methyl sites for hydroxylation is 1. The van der Waals surface area contributed by atoms with Crippen molar-refractivity contribution in [2.75, 3.05) is 32.7 Å². The summed E-state index contributed by atoms with van der Waals surface area (Å²) in [6.07, 6.45) is 8.46. The summed E-state index contributed by atoms with van der Waals surface area (Å²) < 4.78 is 5.97. The molecule has 1 aliphatic heterocycles. The number of phenolic OH excluding ortho intramolecular Hbond substituents is 1. The molecule has 1 aromatic rings. The molecule has 1 aliphatic carbocycles. The molecule has 5 nitrogen and oxygen atoms in total. The molecule has 0 spiro atoms. The van der Waals surface area contributed by atoms with Crippen molar-refractivity contribution in [2.24, 2.45) is 5.92 Å². The first kappa shape index (κ1) is 24.5. The Balaban J connectivity index is 1.92. The lowest BCUT2D eigenvalue weighted by atomic mass is 9.73. The Morgan fingerprint density at radius 1 is 1.28 bits per heavy atom. The number of benzene rings is 1. The van der Waals surface area contributed by atoms with Crippen LogP contribution in [-0.2, 0) is 11.2 Å². The van der Waals surface area contributed by atoms with Crippen molar-refractivity contribution in [1.29, 1.82) is 0 Å². The monoisotopic (exact) mass is 440 g/mol. The average molecular weight is 441 g/mol. The van der Waals surface area contributed by atoms with E-state index < -0.39 is 0 Å². The van der Waals surface area contributed by atoms with E-state index in [4.69, 9.17) is 4.74 Å². The summed E-state index contributed by atoms with van der Waals surface area (Å²) in [5.74, 6) is 0.667. The van der Waals surface area contributed by atoms with Gasteiger partial charge in [-0.15, -0.1) is 0 Å². The van der Waals surface area contributed by atoms with E-state index in [1.54, 1.807) is 0 Å². The zero-order chi connectivity index (χ0) is 23.1. The number of nitrogens with one attached hydrogen (secondary N) is 1. The maximum Gasteiger partial charge on any atom is 0.325 e. The van der Waals surface area contributed by atoms with Crippen LogP contribution < -0.4 is 10.1 Å². The van der Waals surface area contributed by atoms with Gasteiger partial charge in [-0.3, -0.25) is 9.69 Å². The third-order valence-electron chi connectivity index (χ3n) is 6.75. The number of unbranched alkanes of at least 4 members (excludes halogenated alkanes) is 2. The largest absolute Gasteiger partial charge is 0.507 e. The average Bonchev–Trinajstić information content (AvgIpc) is 2.74. The molecule has 0 radical (unpaired) electrons. The van der Waals surface area contributed by atoms with Crippen LogP contribution >= 0.6 is 0 Å². The molecule has 0 aromatic heterocycles. The topological polar surface area (TPSA) is 61.8 Å². The summed E-state index contributed by atoms with van der Waals surface area (Å²) >= 11 is 0. The minimum atomic E-state index is -0.262. The van der Waals surface area contributed by atoms with Gasteiger partial charge in [-0.05, 0) is 63.1 Å². The molecule has 0 bridgehead atoms. The number of nitrogens with zero attached hydrogens (tertiary/aromatic N) is 1. The van der Waals surface area contributed by atoms with Crippen LogP contribution in [0.1, 0.15) is 69.9 Å². The molecule has 2 atom stereocenters. The number of aromatic hydroxyl groups is 1. The fraction of sp³-hybridized carbons (Fsp3) is 0.593. The molecule has 176 valence electrons. The Labute approximate surface area is 193 Å². The van der Waals surface area contributed by atoms with Gasteiger partial charge in [0, 0.05) is 37.7 Å². The van der Waals surface area contributed by atoms with Crippen LogP contribution in [0.25, 0.3) is 0 Å². The van der Waals surface area contributed by atoms with E-state index in [2.05, 4.69) is 43.6 Å². The third-order valence-corrected chi connectivity index (χ3v) is 6.75. The zero-order valence-electron chi connectivity index (χ0n) is 20.1. The highest BCUT2D eigenvalue weighted by molar-refractivity contribution is 5.75. The molecule has 1 aromatic carbocycles. The van der Waals surface area contributed by atoms with Crippen LogP contribution in [-0.4, -0.2) is 48.7 Å². The van der Waals surface area contributed by atoms with Crippen molar-refractivity contribution in [3.63, 3.8) is 0 Å². The van der Waals surface area contributed by atoms with Crippen LogP contribution in [0.15, 0.2) is 35.9 Å². The molecule has 0 saturated carbocycles. The van der Waals surface area contributed by atoms with Crippen LogP contribution in [0.5, 0.6) is 11.5 Å². The minimum Gasteiger partial charge on any atom is -0.507 e. The van der Waals surface area contributed by atoms with Crippen LogP contribution in [0.2, 0.25) is 0 Å². The molecular formula is C27H40N2O3. The molecule has 5 heteroatoms. The van der Waals surface area contributed by atoms with Crippen molar-refractivity contribution in [2.45, 2.75) is 65.2 Å². The van der Waals surface area contributed by atoms with E-state index in [9.17, 15) is 9.90 Å². The maximum absolute atomic E-state index is 12.9. The first-order chi connectivity index (χ1) is 15.4. The summed E-state index contributed by atoms with van der Waals surface area (Å²) in [6.45, 7) is 14.3. The molecular weight excluding hydrogens is 400 g/mol. The second kappa shape index (κ2) is 11.7. The van der Waals surface area contributed by atoms with Gasteiger partial charge in [0.25, 0.3) is 0 Å². The summed E-state index contributed by atoms with van der Waals surface area (Å²) in [4.78, 5) is 15.0. The second-order valence-electron chi connectivity index (χ2n) is 9.51. The second-order valence-corrected chi connectivity index (χ2v) is 9.51. The van der Waals surface area contributed by atoms with Crippen molar-refractivity contribution in [3.8, 4) is 11.5 Å². The number of carbonyl (C=O) groups excluding carboxylic acids is 1. The molecule has 1 saturated heterocycles. The number of esters is 1. The summed E-state index contributed by atoms with van der Waals surface area (Å²) in [5, 5.41) is 14.4. The highest BCUT2D eigenvalue weighted by Gasteiger charge is 2.31. The van der Waals surface area contributed by atoms with E-state index >= 15 is 0 Å². The summed E-state index contributed by atoms with van der Waals surface area (Å²) in [5.41, 5.74) is 4.15. The lowest BCUT2D eigenvalue weighted by Gasteiger charge is -2.32. The Kier molecular flexibility index (Phi) is 8.94. The number of carbonyl (C=O) groups is 1.